The lowest BCUT2D eigenvalue weighted by Crippen LogP contribution is -2.54. The number of rotatable bonds is 4. The van der Waals surface area contributed by atoms with E-state index in [1.807, 2.05) is 44.2 Å². The molecule has 0 fully saturated rings. The van der Waals surface area contributed by atoms with Gasteiger partial charge in [0, 0.05) is 34.9 Å². The molecule has 1 aliphatic rings. The molecule has 2 heterocycles. The van der Waals surface area contributed by atoms with Crippen LogP contribution in [0.3, 0.4) is 0 Å². The molecule has 4 nitrogen and oxygen atoms in total. The van der Waals surface area contributed by atoms with Gasteiger partial charge in [-0.05, 0) is 25.5 Å². The summed E-state index contributed by atoms with van der Waals surface area (Å²) in [6.45, 7) is 4.04. The van der Waals surface area contributed by atoms with Crippen LogP contribution in [0.1, 0.15) is 31.0 Å². The predicted molar refractivity (Wildman–Crippen MR) is 128 cm³/mol. The first-order chi connectivity index (χ1) is 15.8. The number of aliphatic hydroxyl groups excluding tert-OH is 1. The quantitative estimate of drug-likeness (QED) is 0.290. The molecule has 1 aliphatic heterocycles. The molecule has 7 heteroatoms. The zero-order valence-corrected chi connectivity index (χ0v) is 19.0. The first kappa shape index (κ1) is 21.9. The summed E-state index contributed by atoms with van der Waals surface area (Å²) in [5, 5.41) is 18.7. The van der Waals surface area contributed by atoms with Crippen molar-refractivity contribution in [3.63, 3.8) is 0 Å². The molecule has 2 atom stereocenters. The highest BCUT2D eigenvalue weighted by atomic mass is 35.5. The van der Waals surface area contributed by atoms with E-state index in [-0.39, 0.29) is 11.1 Å². The lowest BCUT2D eigenvalue weighted by atomic mass is 9.81. The van der Waals surface area contributed by atoms with Crippen LogP contribution in [0.25, 0.3) is 22.0 Å². The molecule has 170 valence electrons. The van der Waals surface area contributed by atoms with Gasteiger partial charge in [0.05, 0.1) is 33.8 Å². The molecule has 0 spiro atoms. The van der Waals surface area contributed by atoms with E-state index in [4.69, 9.17) is 11.6 Å². The molecule has 0 unspecified atom stereocenters. The van der Waals surface area contributed by atoms with E-state index in [9.17, 15) is 5.11 Å². The molecule has 0 aliphatic carbocycles. The van der Waals surface area contributed by atoms with Crippen LogP contribution in [0.5, 0.6) is 0 Å². The lowest BCUT2D eigenvalue weighted by Gasteiger charge is -2.44. The number of hydrogen-bond donors (Lipinski definition) is 4. The Morgan fingerprint density at radius 1 is 1.09 bits per heavy atom. The lowest BCUT2D eigenvalue weighted by molar-refractivity contribution is 0.0663. The number of aliphatic hydroxyl groups is 1. The van der Waals surface area contributed by atoms with E-state index in [0.717, 1.165) is 5.56 Å². The first-order valence-electron chi connectivity index (χ1n) is 10.8. The van der Waals surface area contributed by atoms with Gasteiger partial charge >= 0.3 is 0 Å². The molecule has 0 saturated heterocycles. The number of nitrogens with one attached hydrogen (secondary N) is 3. The molecule has 5 rings (SSSR count). The number of H-pyrrole nitrogens is 1. The molecule has 0 radical (unpaired) electrons. The molecule has 4 N–H and O–H groups in total. The number of para-hydroxylation sites is 1. The zero-order valence-electron chi connectivity index (χ0n) is 18.2. The number of hydrogen-bond acceptors (Lipinski definition) is 3. The van der Waals surface area contributed by atoms with E-state index in [0.29, 0.717) is 33.7 Å². The van der Waals surface area contributed by atoms with E-state index < -0.39 is 29.3 Å². The second kappa shape index (κ2) is 8.13. The van der Waals surface area contributed by atoms with Crippen molar-refractivity contribution in [3.8, 4) is 11.1 Å². The van der Waals surface area contributed by atoms with E-state index >= 15 is 8.78 Å². The van der Waals surface area contributed by atoms with Crippen molar-refractivity contribution in [3.05, 3.63) is 88.6 Å². The topological polar surface area (TPSA) is 60.1 Å². The second-order valence-electron chi connectivity index (χ2n) is 9.01. The Morgan fingerprint density at radius 2 is 1.85 bits per heavy atom. The Kier molecular flexibility index (Phi) is 5.40. The van der Waals surface area contributed by atoms with Crippen LogP contribution in [-0.2, 0) is 6.54 Å². The Balaban J connectivity index is 1.66. The number of aromatic nitrogens is 1. The van der Waals surface area contributed by atoms with Gasteiger partial charge < -0.3 is 20.7 Å². The summed E-state index contributed by atoms with van der Waals surface area (Å²) in [5.74, 6) is -1.40. The van der Waals surface area contributed by atoms with Gasteiger partial charge in [-0.15, -0.1) is 0 Å². The molecular weight excluding hydrogens is 444 g/mol. The maximum absolute atomic E-state index is 16.2. The normalized spacial score (nSPS) is 19.3. The minimum Gasteiger partial charge on any atom is -0.389 e. The summed E-state index contributed by atoms with van der Waals surface area (Å²) in [4.78, 5) is 3.02. The van der Waals surface area contributed by atoms with Crippen molar-refractivity contribution in [2.75, 3.05) is 5.32 Å². The Labute approximate surface area is 195 Å². The third kappa shape index (κ3) is 3.68. The third-order valence-electron chi connectivity index (χ3n) is 6.38. The van der Waals surface area contributed by atoms with Gasteiger partial charge in [-0.3, -0.25) is 0 Å². The standard InChI is InChI=1S/C26H24ClF2N3O/c1-26(2)25(33)24(30-12-14-7-4-3-5-8-14)21-19(32-26)11-18(28)20(22(21)29)16-10-6-9-15-17(27)13-31-23(15)16/h3-11,13,24-25,30-33H,12H2,1-2H3/t24-,25+/m0/s1. The smallest absolute Gasteiger partial charge is 0.140 e. The van der Waals surface area contributed by atoms with Gasteiger partial charge in [0.2, 0.25) is 0 Å². The van der Waals surface area contributed by atoms with Gasteiger partial charge in [0.1, 0.15) is 11.6 Å². The summed E-state index contributed by atoms with van der Waals surface area (Å²) >= 11 is 6.23. The number of fused-ring (bicyclic) bond motifs is 2. The van der Waals surface area contributed by atoms with Crippen molar-refractivity contribution in [2.45, 2.75) is 38.1 Å². The van der Waals surface area contributed by atoms with Gasteiger partial charge in [-0.2, -0.15) is 0 Å². The fraction of sp³-hybridized carbons (Fsp3) is 0.231. The minimum atomic E-state index is -0.961. The number of anilines is 1. The molecule has 0 bridgehead atoms. The van der Waals surface area contributed by atoms with Crippen molar-refractivity contribution >= 4 is 28.2 Å². The van der Waals surface area contributed by atoms with Crippen LogP contribution in [0.2, 0.25) is 5.02 Å². The van der Waals surface area contributed by atoms with E-state index in [1.165, 1.54) is 6.07 Å². The average molecular weight is 468 g/mol. The number of halogens is 3. The first-order valence-corrected chi connectivity index (χ1v) is 11.2. The maximum atomic E-state index is 16.2. The third-order valence-corrected chi connectivity index (χ3v) is 6.69. The highest BCUT2D eigenvalue weighted by Gasteiger charge is 2.43. The molecule has 0 amide bonds. The Bertz CT molecular complexity index is 1340. The summed E-state index contributed by atoms with van der Waals surface area (Å²) in [5.41, 5.74) is 1.51. The summed E-state index contributed by atoms with van der Waals surface area (Å²) in [6.07, 6.45) is 0.638. The average Bonchev–Trinajstić information content (AvgIpc) is 3.16. The number of benzene rings is 3. The summed E-state index contributed by atoms with van der Waals surface area (Å²) in [7, 11) is 0. The molecule has 3 aromatic carbocycles. The number of aromatic amines is 1. The summed E-state index contributed by atoms with van der Waals surface area (Å²) < 4.78 is 31.5. The van der Waals surface area contributed by atoms with Crippen LogP contribution in [0.15, 0.2) is 60.8 Å². The Morgan fingerprint density at radius 3 is 2.61 bits per heavy atom. The predicted octanol–water partition coefficient (Wildman–Crippen LogP) is 6.16. The maximum Gasteiger partial charge on any atom is 0.140 e. The van der Waals surface area contributed by atoms with Crippen molar-refractivity contribution < 1.29 is 13.9 Å². The molecular formula is C26H24ClF2N3O. The van der Waals surface area contributed by atoms with Crippen molar-refractivity contribution in [1.29, 1.82) is 0 Å². The van der Waals surface area contributed by atoms with Gasteiger partial charge in [-0.1, -0.05) is 60.1 Å². The second-order valence-corrected chi connectivity index (χ2v) is 9.42. The van der Waals surface area contributed by atoms with Crippen LogP contribution < -0.4 is 10.6 Å². The van der Waals surface area contributed by atoms with Crippen molar-refractivity contribution in [2.24, 2.45) is 0 Å². The van der Waals surface area contributed by atoms with Crippen LogP contribution in [0.4, 0.5) is 14.5 Å². The summed E-state index contributed by atoms with van der Waals surface area (Å²) in [6, 6.07) is 15.4. The van der Waals surface area contributed by atoms with Crippen molar-refractivity contribution in [1.82, 2.24) is 10.3 Å². The van der Waals surface area contributed by atoms with E-state index in [1.54, 1.807) is 24.4 Å². The monoisotopic (exact) mass is 467 g/mol. The molecule has 1 aromatic heterocycles. The Hall–Kier alpha value is -2.93. The highest BCUT2D eigenvalue weighted by molar-refractivity contribution is 6.36. The molecule has 4 aromatic rings. The zero-order chi connectivity index (χ0) is 23.3. The highest BCUT2D eigenvalue weighted by Crippen LogP contribution is 2.44. The molecule has 33 heavy (non-hydrogen) atoms. The fourth-order valence-corrected chi connectivity index (χ4v) is 4.86. The van der Waals surface area contributed by atoms with Gasteiger partial charge in [0.25, 0.3) is 0 Å². The largest absolute Gasteiger partial charge is 0.389 e. The van der Waals surface area contributed by atoms with Crippen LogP contribution in [0, 0.1) is 11.6 Å². The SMILES string of the molecule is CC1(C)Nc2cc(F)c(-c3cccc4c(Cl)c[nH]c34)c(F)c2[C@H](NCc2ccccc2)[C@H]1O. The fourth-order valence-electron chi connectivity index (χ4n) is 4.65. The van der Waals surface area contributed by atoms with Gasteiger partial charge in [0.15, 0.2) is 0 Å². The van der Waals surface area contributed by atoms with Crippen LogP contribution >= 0.6 is 11.6 Å². The van der Waals surface area contributed by atoms with E-state index in [2.05, 4.69) is 15.6 Å². The van der Waals surface area contributed by atoms with Crippen LogP contribution in [-0.4, -0.2) is 21.7 Å². The minimum absolute atomic E-state index is 0.155. The molecule has 0 saturated carbocycles. The van der Waals surface area contributed by atoms with Gasteiger partial charge in [-0.25, -0.2) is 8.78 Å².